The average Bonchev–Trinajstić information content (AvgIpc) is 2.37. The molecule has 1 aromatic rings. The van der Waals surface area contributed by atoms with Crippen LogP contribution in [-0.2, 0) is 12.7 Å². The van der Waals surface area contributed by atoms with Crippen LogP contribution in [0.3, 0.4) is 0 Å². The van der Waals surface area contributed by atoms with Crippen LogP contribution < -0.4 is 5.32 Å². The van der Waals surface area contributed by atoms with Crippen LogP contribution in [0.4, 0.5) is 13.2 Å². The third-order valence-electron chi connectivity index (χ3n) is 2.85. The lowest BCUT2D eigenvalue weighted by Crippen LogP contribution is -2.15. The average molecular weight is 275 g/mol. The van der Waals surface area contributed by atoms with Crippen molar-refractivity contribution in [2.45, 2.75) is 38.4 Å². The van der Waals surface area contributed by atoms with Gasteiger partial charge in [-0.1, -0.05) is 31.0 Å². The fourth-order valence-electron chi connectivity index (χ4n) is 1.81. The maximum Gasteiger partial charge on any atom is 0.416 e. The zero-order valence-electron chi connectivity index (χ0n) is 10.8. The third-order valence-corrected chi connectivity index (χ3v) is 2.85. The Labute approximate surface area is 111 Å². The van der Waals surface area contributed by atoms with E-state index in [2.05, 4.69) is 5.32 Å². The van der Waals surface area contributed by atoms with Crippen molar-refractivity contribution in [3.05, 3.63) is 35.4 Å². The minimum atomic E-state index is -4.28. The van der Waals surface area contributed by atoms with E-state index in [-0.39, 0.29) is 6.61 Å². The van der Waals surface area contributed by atoms with Crippen LogP contribution in [0.25, 0.3) is 0 Å². The van der Waals surface area contributed by atoms with E-state index in [0.717, 1.165) is 38.3 Å². The van der Waals surface area contributed by atoms with E-state index in [1.165, 1.54) is 12.1 Å². The number of unbranched alkanes of at least 4 members (excludes halogenated alkanes) is 3. The predicted molar refractivity (Wildman–Crippen MR) is 68.7 cm³/mol. The van der Waals surface area contributed by atoms with Gasteiger partial charge in [-0.25, -0.2) is 0 Å². The second kappa shape index (κ2) is 8.17. The van der Waals surface area contributed by atoms with Gasteiger partial charge >= 0.3 is 6.18 Å². The van der Waals surface area contributed by atoms with Crippen molar-refractivity contribution in [3.63, 3.8) is 0 Å². The van der Waals surface area contributed by atoms with Crippen LogP contribution in [0.5, 0.6) is 0 Å². The molecule has 0 radical (unpaired) electrons. The lowest BCUT2D eigenvalue weighted by Gasteiger charge is -2.09. The molecule has 19 heavy (non-hydrogen) atoms. The number of halogens is 3. The molecule has 2 nitrogen and oxygen atoms in total. The van der Waals surface area contributed by atoms with Gasteiger partial charge in [0, 0.05) is 13.2 Å². The molecule has 0 saturated carbocycles. The highest BCUT2D eigenvalue weighted by molar-refractivity contribution is 5.25. The standard InChI is InChI=1S/C14H20F3NO/c15-14(16,17)13-7-5-6-12(10-13)11-18-8-3-1-2-4-9-19/h5-7,10,18-19H,1-4,8-9,11H2. The van der Waals surface area contributed by atoms with Crippen molar-refractivity contribution in [1.82, 2.24) is 5.32 Å². The van der Waals surface area contributed by atoms with E-state index < -0.39 is 11.7 Å². The molecule has 0 aliphatic carbocycles. The lowest BCUT2D eigenvalue weighted by atomic mass is 10.1. The molecule has 0 amide bonds. The van der Waals surface area contributed by atoms with E-state index in [1.807, 2.05) is 0 Å². The number of aliphatic hydroxyl groups is 1. The summed E-state index contributed by atoms with van der Waals surface area (Å²) in [5, 5.41) is 11.7. The fraction of sp³-hybridized carbons (Fsp3) is 0.571. The molecule has 0 atom stereocenters. The molecule has 0 aromatic heterocycles. The summed E-state index contributed by atoms with van der Waals surface area (Å²) in [4.78, 5) is 0. The monoisotopic (exact) mass is 275 g/mol. The summed E-state index contributed by atoms with van der Waals surface area (Å²) in [5.74, 6) is 0. The molecule has 0 bridgehead atoms. The van der Waals surface area contributed by atoms with E-state index in [4.69, 9.17) is 5.11 Å². The van der Waals surface area contributed by atoms with Gasteiger partial charge in [0.15, 0.2) is 0 Å². The van der Waals surface area contributed by atoms with E-state index in [9.17, 15) is 13.2 Å². The molecular weight excluding hydrogens is 255 g/mol. The van der Waals surface area contributed by atoms with Gasteiger partial charge in [-0.3, -0.25) is 0 Å². The largest absolute Gasteiger partial charge is 0.416 e. The van der Waals surface area contributed by atoms with Gasteiger partial charge in [0.2, 0.25) is 0 Å². The van der Waals surface area contributed by atoms with Crippen LogP contribution in [0.15, 0.2) is 24.3 Å². The molecule has 2 N–H and O–H groups in total. The van der Waals surface area contributed by atoms with Crippen molar-refractivity contribution in [2.24, 2.45) is 0 Å². The Morgan fingerprint density at radius 1 is 1.05 bits per heavy atom. The summed E-state index contributed by atoms with van der Waals surface area (Å²) >= 11 is 0. The maximum absolute atomic E-state index is 12.5. The van der Waals surface area contributed by atoms with Crippen molar-refractivity contribution >= 4 is 0 Å². The van der Waals surface area contributed by atoms with Gasteiger partial charge in [-0.15, -0.1) is 0 Å². The number of hydrogen-bond acceptors (Lipinski definition) is 2. The highest BCUT2D eigenvalue weighted by Crippen LogP contribution is 2.29. The Hall–Kier alpha value is -1.07. The normalized spacial score (nSPS) is 11.8. The smallest absolute Gasteiger partial charge is 0.396 e. The molecule has 5 heteroatoms. The van der Waals surface area contributed by atoms with Gasteiger partial charge < -0.3 is 10.4 Å². The quantitative estimate of drug-likeness (QED) is 0.713. The van der Waals surface area contributed by atoms with E-state index >= 15 is 0 Å². The van der Waals surface area contributed by atoms with Crippen LogP contribution in [0.2, 0.25) is 0 Å². The molecule has 108 valence electrons. The minimum absolute atomic E-state index is 0.220. The summed E-state index contributed by atoms with van der Waals surface area (Å²) in [6, 6.07) is 5.38. The Kier molecular flexibility index (Phi) is 6.87. The highest BCUT2D eigenvalue weighted by Gasteiger charge is 2.30. The maximum atomic E-state index is 12.5. The molecule has 0 unspecified atom stereocenters. The van der Waals surface area contributed by atoms with Gasteiger partial charge in [-0.05, 0) is 31.0 Å². The second-order valence-electron chi connectivity index (χ2n) is 4.51. The van der Waals surface area contributed by atoms with Gasteiger partial charge in [0.05, 0.1) is 5.56 Å². The summed E-state index contributed by atoms with van der Waals surface area (Å²) < 4.78 is 37.5. The molecule has 0 saturated heterocycles. The number of rotatable bonds is 8. The van der Waals surface area contributed by atoms with E-state index in [1.54, 1.807) is 6.07 Å². The molecule has 1 rings (SSSR count). The highest BCUT2D eigenvalue weighted by atomic mass is 19.4. The summed E-state index contributed by atoms with van der Waals surface area (Å²) in [6.45, 7) is 1.45. The third kappa shape index (κ3) is 6.59. The summed E-state index contributed by atoms with van der Waals surface area (Å²) in [6.07, 6.45) is -0.481. The molecule has 0 heterocycles. The number of nitrogens with one attached hydrogen (secondary N) is 1. The first-order valence-corrected chi connectivity index (χ1v) is 6.52. The molecule has 0 aliphatic rings. The van der Waals surface area contributed by atoms with Crippen LogP contribution in [-0.4, -0.2) is 18.3 Å². The van der Waals surface area contributed by atoms with Gasteiger partial charge in [0.25, 0.3) is 0 Å². The Morgan fingerprint density at radius 3 is 2.47 bits per heavy atom. The predicted octanol–water partition coefficient (Wildman–Crippen LogP) is 3.35. The lowest BCUT2D eigenvalue weighted by molar-refractivity contribution is -0.137. The van der Waals surface area contributed by atoms with Crippen molar-refractivity contribution in [3.8, 4) is 0 Å². The number of hydrogen-bond donors (Lipinski definition) is 2. The molecule has 0 aliphatic heterocycles. The fourth-order valence-corrected chi connectivity index (χ4v) is 1.81. The van der Waals surface area contributed by atoms with Crippen LogP contribution >= 0.6 is 0 Å². The van der Waals surface area contributed by atoms with Crippen molar-refractivity contribution in [2.75, 3.05) is 13.2 Å². The Bertz CT molecular complexity index is 366. The topological polar surface area (TPSA) is 32.3 Å². The minimum Gasteiger partial charge on any atom is -0.396 e. The van der Waals surface area contributed by atoms with Crippen LogP contribution in [0.1, 0.15) is 36.8 Å². The van der Waals surface area contributed by atoms with Crippen LogP contribution in [0, 0.1) is 0 Å². The number of benzene rings is 1. The number of aliphatic hydroxyl groups excluding tert-OH is 1. The number of alkyl halides is 3. The molecule has 0 fully saturated rings. The van der Waals surface area contributed by atoms with Gasteiger partial charge in [-0.2, -0.15) is 13.2 Å². The van der Waals surface area contributed by atoms with Gasteiger partial charge in [0.1, 0.15) is 0 Å². The molecule has 0 spiro atoms. The summed E-state index contributed by atoms with van der Waals surface area (Å²) in [7, 11) is 0. The molecule has 1 aromatic carbocycles. The second-order valence-corrected chi connectivity index (χ2v) is 4.51. The zero-order valence-corrected chi connectivity index (χ0v) is 10.8. The first kappa shape index (κ1) is 16.0. The van der Waals surface area contributed by atoms with Crippen molar-refractivity contribution < 1.29 is 18.3 Å². The first-order chi connectivity index (χ1) is 9.04. The SMILES string of the molecule is OCCCCCCNCc1cccc(C(F)(F)F)c1. The summed E-state index contributed by atoms with van der Waals surface area (Å²) in [5.41, 5.74) is 0.0416. The Balaban J connectivity index is 2.26. The zero-order chi connectivity index (χ0) is 14.1. The van der Waals surface area contributed by atoms with E-state index in [0.29, 0.717) is 12.1 Å². The molecular formula is C14H20F3NO. The van der Waals surface area contributed by atoms with Crippen molar-refractivity contribution in [1.29, 1.82) is 0 Å². The first-order valence-electron chi connectivity index (χ1n) is 6.52. The Morgan fingerprint density at radius 2 is 1.79 bits per heavy atom.